The van der Waals surface area contributed by atoms with Gasteiger partial charge in [0.15, 0.2) is 0 Å². The van der Waals surface area contributed by atoms with E-state index < -0.39 is 23.8 Å². The first-order valence-electron chi connectivity index (χ1n) is 6.33. The van der Waals surface area contributed by atoms with E-state index >= 15 is 0 Å². The van der Waals surface area contributed by atoms with Crippen LogP contribution in [0.25, 0.3) is 0 Å². The molecule has 2 bridgehead atoms. The molecule has 0 heterocycles. The van der Waals surface area contributed by atoms with E-state index in [9.17, 15) is 14.7 Å². The standard InChI is InChI=1S/C13H18O5/c14-5-1-2-6-18-13(17)11-9-4-3-8(7-9)10(11)12(15)16/h3-4,8-11,14H,1-2,5-7H2,(H,15,16). The van der Waals surface area contributed by atoms with Gasteiger partial charge in [-0.25, -0.2) is 0 Å². The molecule has 0 aromatic carbocycles. The lowest BCUT2D eigenvalue weighted by molar-refractivity contribution is -0.158. The van der Waals surface area contributed by atoms with Crippen molar-refractivity contribution in [3.8, 4) is 0 Å². The molecular weight excluding hydrogens is 236 g/mol. The number of unbranched alkanes of at least 4 members (excludes halogenated alkanes) is 1. The van der Waals surface area contributed by atoms with E-state index in [1.165, 1.54) is 0 Å². The van der Waals surface area contributed by atoms with Crippen molar-refractivity contribution >= 4 is 11.9 Å². The van der Waals surface area contributed by atoms with Crippen molar-refractivity contribution < 1.29 is 24.5 Å². The van der Waals surface area contributed by atoms with Crippen LogP contribution in [-0.4, -0.2) is 35.4 Å². The molecule has 0 spiro atoms. The number of esters is 1. The van der Waals surface area contributed by atoms with Gasteiger partial charge < -0.3 is 14.9 Å². The summed E-state index contributed by atoms with van der Waals surface area (Å²) in [5, 5.41) is 17.8. The molecule has 0 aromatic heterocycles. The minimum atomic E-state index is -0.913. The fraction of sp³-hybridized carbons (Fsp3) is 0.692. The van der Waals surface area contributed by atoms with Crippen LogP contribution >= 0.6 is 0 Å². The predicted molar refractivity (Wildman–Crippen MR) is 62.6 cm³/mol. The zero-order chi connectivity index (χ0) is 13.1. The Kier molecular flexibility index (Phi) is 4.01. The third kappa shape index (κ3) is 2.41. The van der Waals surface area contributed by atoms with Gasteiger partial charge in [0.05, 0.1) is 18.4 Å². The molecule has 5 nitrogen and oxygen atoms in total. The number of rotatable bonds is 6. The van der Waals surface area contributed by atoms with E-state index in [-0.39, 0.29) is 25.0 Å². The molecule has 0 radical (unpaired) electrons. The van der Waals surface area contributed by atoms with Gasteiger partial charge in [-0.2, -0.15) is 0 Å². The third-order valence-corrected chi connectivity index (χ3v) is 3.81. The lowest BCUT2D eigenvalue weighted by atomic mass is 9.83. The number of ether oxygens (including phenoxy) is 1. The molecule has 2 rings (SSSR count). The van der Waals surface area contributed by atoms with Gasteiger partial charge in [-0.1, -0.05) is 12.2 Å². The minimum absolute atomic E-state index is 0.0152. The van der Waals surface area contributed by atoms with Gasteiger partial charge in [-0.05, 0) is 31.1 Å². The van der Waals surface area contributed by atoms with Gasteiger partial charge in [-0.15, -0.1) is 0 Å². The number of hydrogen-bond acceptors (Lipinski definition) is 4. The number of aliphatic hydroxyl groups excluding tert-OH is 1. The highest BCUT2D eigenvalue weighted by Gasteiger charge is 2.52. The van der Waals surface area contributed by atoms with Crippen LogP contribution in [0.3, 0.4) is 0 Å². The summed E-state index contributed by atoms with van der Waals surface area (Å²) < 4.78 is 5.11. The monoisotopic (exact) mass is 254 g/mol. The minimum Gasteiger partial charge on any atom is -0.481 e. The number of aliphatic carboxylic acids is 1. The Hall–Kier alpha value is -1.36. The largest absolute Gasteiger partial charge is 0.481 e. The van der Waals surface area contributed by atoms with Gasteiger partial charge in [0, 0.05) is 6.61 Å². The van der Waals surface area contributed by atoms with E-state index in [0.29, 0.717) is 12.8 Å². The molecule has 4 atom stereocenters. The van der Waals surface area contributed by atoms with E-state index in [1.54, 1.807) is 0 Å². The predicted octanol–water partition coefficient (Wildman–Crippen LogP) is 0.825. The number of allylic oxidation sites excluding steroid dienone is 2. The van der Waals surface area contributed by atoms with Crippen LogP contribution in [0.2, 0.25) is 0 Å². The molecule has 2 aliphatic carbocycles. The number of hydrogen-bond donors (Lipinski definition) is 2. The van der Waals surface area contributed by atoms with Crippen LogP contribution in [0, 0.1) is 23.7 Å². The molecule has 0 aliphatic heterocycles. The van der Waals surface area contributed by atoms with Crippen LogP contribution in [0.1, 0.15) is 19.3 Å². The maximum atomic E-state index is 11.9. The lowest BCUT2D eigenvalue weighted by Gasteiger charge is -2.22. The molecule has 4 unspecified atom stereocenters. The first-order chi connectivity index (χ1) is 8.65. The van der Waals surface area contributed by atoms with Crippen molar-refractivity contribution in [2.45, 2.75) is 19.3 Å². The Bertz CT molecular complexity index is 362. The number of carboxylic acids is 1. The van der Waals surface area contributed by atoms with E-state index in [0.717, 1.165) is 6.42 Å². The summed E-state index contributed by atoms with van der Waals surface area (Å²) in [4.78, 5) is 23.1. The SMILES string of the molecule is O=C(O)C1C2C=CC(C2)C1C(=O)OCCCCO. The van der Waals surface area contributed by atoms with Crippen molar-refractivity contribution in [2.75, 3.05) is 13.2 Å². The summed E-state index contributed by atoms with van der Waals surface area (Å²) >= 11 is 0. The van der Waals surface area contributed by atoms with E-state index in [4.69, 9.17) is 9.84 Å². The summed E-state index contributed by atoms with van der Waals surface area (Å²) in [5.41, 5.74) is 0. The van der Waals surface area contributed by atoms with Crippen LogP contribution in [0.15, 0.2) is 12.2 Å². The van der Waals surface area contributed by atoms with Crippen molar-refractivity contribution in [1.29, 1.82) is 0 Å². The van der Waals surface area contributed by atoms with Gasteiger partial charge in [0.2, 0.25) is 0 Å². The lowest BCUT2D eigenvalue weighted by Crippen LogP contribution is -2.34. The molecule has 2 aliphatic rings. The van der Waals surface area contributed by atoms with E-state index in [1.807, 2.05) is 12.2 Å². The number of aliphatic hydroxyl groups is 1. The average Bonchev–Trinajstić information content (AvgIpc) is 2.94. The van der Waals surface area contributed by atoms with Crippen LogP contribution in [0.4, 0.5) is 0 Å². The molecule has 100 valence electrons. The summed E-state index contributed by atoms with van der Waals surface area (Å²) in [7, 11) is 0. The average molecular weight is 254 g/mol. The van der Waals surface area contributed by atoms with Gasteiger partial charge >= 0.3 is 11.9 Å². The topological polar surface area (TPSA) is 83.8 Å². The summed E-state index contributed by atoms with van der Waals surface area (Å²) in [5.74, 6) is -2.50. The molecule has 0 amide bonds. The normalized spacial score (nSPS) is 32.7. The number of carbonyl (C=O) groups is 2. The Morgan fingerprint density at radius 2 is 1.83 bits per heavy atom. The van der Waals surface area contributed by atoms with Crippen molar-refractivity contribution in [2.24, 2.45) is 23.7 Å². The maximum Gasteiger partial charge on any atom is 0.310 e. The maximum absolute atomic E-state index is 11.9. The zero-order valence-corrected chi connectivity index (χ0v) is 10.1. The van der Waals surface area contributed by atoms with Crippen molar-refractivity contribution in [1.82, 2.24) is 0 Å². The highest BCUT2D eigenvalue weighted by Crippen LogP contribution is 2.48. The quantitative estimate of drug-likeness (QED) is 0.416. The second kappa shape index (κ2) is 5.52. The van der Waals surface area contributed by atoms with Gasteiger partial charge in [-0.3, -0.25) is 9.59 Å². The van der Waals surface area contributed by atoms with Gasteiger partial charge in [0.25, 0.3) is 0 Å². The fourth-order valence-electron chi connectivity index (χ4n) is 2.96. The Morgan fingerprint density at radius 3 is 2.44 bits per heavy atom. The van der Waals surface area contributed by atoms with Crippen LogP contribution in [0.5, 0.6) is 0 Å². The Balaban J connectivity index is 1.92. The third-order valence-electron chi connectivity index (χ3n) is 3.81. The van der Waals surface area contributed by atoms with Crippen LogP contribution < -0.4 is 0 Å². The molecule has 0 saturated heterocycles. The highest BCUT2D eigenvalue weighted by molar-refractivity contribution is 5.83. The molecule has 0 aromatic rings. The number of fused-ring (bicyclic) bond motifs is 2. The molecular formula is C13H18O5. The Labute approximate surface area is 105 Å². The molecule has 18 heavy (non-hydrogen) atoms. The second-order valence-electron chi connectivity index (χ2n) is 4.94. The van der Waals surface area contributed by atoms with E-state index in [2.05, 4.69) is 0 Å². The summed E-state index contributed by atoms with van der Waals surface area (Å²) in [6.07, 6.45) is 5.78. The van der Waals surface area contributed by atoms with Crippen LogP contribution in [-0.2, 0) is 14.3 Å². The van der Waals surface area contributed by atoms with Crippen molar-refractivity contribution in [3.05, 3.63) is 12.2 Å². The Morgan fingerprint density at radius 1 is 1.17 bits per heavy atom. The zero-order valence-electron chi connectivity index (χ0n) is 10.1. The molecule has 1 saturated carbocycles. The molecule has 2 N–H and O–H groups in total. The first kappa shape index (κ1) is 13.1. The number of carbonyl (C=O) groups excluding carboxylic acids is 1. The highest BCUT2D eigenvalue weighted by atomic mass is 16.5. The molecule has 5 heteroatoms. The first-order valence-corrected chi connectivity index (χ1v) is 6.33. The second-order valence-corrected chi connectivity index (χ2v) is 4.94. The fourth-order valence-corrected chi connectivity index (χ4v) is 2.96. The smallest absolute Gasteiger partial charge is 0.310 e. The number of carboxylic acid groups (broad SMARTS) is 1. The molecule has 1 fully saturated rings. The van der Waals surface area contributed by atoms with Crippen molar-refractivity contribution in [3.63, 3.8) is 0 Å². The van der Waals surface area contributed by atoms with Gasteiger partial charge in [0.1, 0.15) is 0 Å². The summed E-state index contributed by atoms with van der Waals surface area (Å²) in [6.45, 7) is 0.329. The summed E-state index contributed by atoms with van der Waals surface area (Å²) in [6, 6.07) is 0.